The third-order valence-corrected chi connectivity index (χ3v) is 4.48. The van der Waals surface area contributed by atoms with Crippen molar-refractivity contribution in [3.8, 4) is 0 Å². The quantitative estimate of drug-likeness (QED) is 0.760. The zero-order valence-corrected chi connectivity index (χ0v) is 15.5. The van der Waals surface area contributed by atoms with Gasteiger partial charge in [-0.05, 0) is 62.4 Å². The largest absolute Gasteiger partial charge is 0.326 e. The van der Waals surface area contributed by atoms with Crippen LogP contribution in [-0.4, -0.2) is 24.9 Å². The van der Waals surface area contributed by atoms with E-state index in [0.29, 0.717) is 23.9 Å². The maximum Gasteiger partial charge on any atom is 0.224 e. The van der Waals surface area contributed by atoms with Gasteiger partial charge in [-0.2, -0.15) is 0 Å². The second-order valence-corrected chi connectivity index (χ2v) is 6.55. The molecule has 2 amide bonds. The van der Waals surface area contributed by atoms with Gasteiger partial charge in [0, 0.05) is 24.7 Å². The first kappa shape index (κ1) is 20.5. The van der Waals surface area contributed by atoms with E-state index in [0.717, 1.165) is 24.3 Å². The summed E-state index contributed by atoms with van der Waals surface area (Å²) in [6.07, 6.45) is 2.91. The normalized spacial score (nSPS) is 18.2. The molecule has 0 aromatic heterocycles. The van der Waals surface area contributed by atoms with Gasteiger partial charge < -0.3 is 16.0 Å². The van der Waals surface area contributed by atoms with Crippen LogP contribution in [0.1, 0.15) is 38.7 Å². The second kappa shape index (κ2) is 9.64. The van der Waals surface area contributed by atoms with Crippen molar-refractivity contribution in [2.45, 2.75) is 40.0 Å². The smallest absolute Gasteiger partial charge is 0.224 e. The molecule has 134 valence electrons. The van der Waals surface area contributed by atoms with Gasteiger partial charge in [-0.15, -0.1) is 12.4 Å². The highest BCUT2D eigenvalue weighted by Gasteiger charge is 2.22. The molecule has 6 heteroatoms. The zero-order chi connectivity index (χ0) is 16.8. The first-order valence-corrected chi connectivity index (χ1v) is 8.34. The Bertz CT molecular complexity index is 571. The number of benzene rings is 1. The van der Waals surface area contributed by atoms with Crippen LogP contribution in [0, 0.1) is 18.8 Å². The minimum Gasteiger partial charge on any atom is -0.326 e. The minimum absolute atomic E-state index is 0. The molecule has 0 saturated carbocycles. The van der Waals surface area contributed by atoms with E-state index in [9.17, 15) is 9.59 Å². The fourth-order valence-corrected chi connectivity index (χ4v) is 3.06. The lowest BCUT2D eigenvalue weighted by atomic mass is 9.85. The summed E-state index contributed by atoms with van der Waals surface area (Å²) >= 11 is 0. The van der Waals surface area contributed by atoms with Crippen LogP contribution in [0.25, 0.3) is 0 Å². The number of carbonyl (C=O) groups excluding carboxylic acids is 2. The molecular weight excluding hydrogens is 326 g/mol. The molecule has 0 aliphatic carbocycles. The number of nitrogens with one attached hydrogen (secondary N) is 3. The average molecular weight is 354 g/mol. The van der Waals surface area contributed by atoms with E-state index in [4.69, 9.17) is 0 Å². The molecule has 0 spiro atoms. The first-order valence-electron chi connectivity index (χ1n) is 8.34. The van der Waals surface area contributed by atoms with Crippen LogP contribution in [0.2, 0.25) is 0 Å². The summed E-state index contributed by atoms with van der Waals surface area (Å²) < 4.78 is 0. The van der Waals surface area contributed by atoms with Crippen LogP contribution in [-0.2, 0) is 9.59 Å². The lowest BCUT2D eigenvalue weighted by Crippen LogP contribution is -2.34. The average Bonchev–Trinajstić information content (AvgIpc) is 2.51. The molecule has 5 nitrogen and oxygen atoms in total. The molecule has 1 fully saturated rings. The lowest BCUT2D eigenvalue weighted by Gasteiger charge is -2.28. The second-order valence-electron chi connectivity index (χ2n) is 6.55. The van der Waals surface area contributed by atoms with Gasteiger partial charge >= 0.3 is 0 Å². The Hall–Kier alpha value is -1.59. The number of hydrogen-bond donors (Lipinski definition) is 3. The highest BCUT2D eigenvalue weighted by molar-refractivity contribution is 5.94. The SMILES string of the molecule is CC(=O)Nc1ccc(C)c(NC(=O)CC(C)C2CCCNC2)c1.Cl. The fraction of sp³-hybridized carbons (Fsp3) is 0.556. The Labute approximate surface area is 150 Å². The van der Waals surface area contributed by atoms with E-state index in [1.807, 2.05) is 25.1 Å². The topological polar surface area (TPSA) is 70.2 Å². The van der Waals surface area contributed by atoms with Crippen LogP contribution in [0.15, 0.2) is 18.2 Å². The molecule has 2 unspecified atom stereocenters. The van der Waals surface area contributed by atoms with Gasteiger partial charge in [0.1, 0.15) is 0 Å². The maximum atomic E-state index is 12.3. The summed E-state index contributed by atoms with van der Waals surface area (Å²) in [5.74, 6) is 0.846. The number of aryl methyl sites for hydroxylation is 1. The van der Waals surface area contributed by atoms with Crippen molar-refractivity contribution in [3.05, 3.63) is 23.8 Å². The van der Waals surface area contributed by atoms with Crippen molar-refractivity contribution in [1.29, 1.82) is 0 Å². The number of amides is 2. The predicted octanol–water partition coefficient (Wildman–Crippen LogP) is 3.34. The molecule has 1 aliphatic rings. The number of hydrogen-bond acceptors (Lipinski definition) is 3. The summed E-state index contributed by atoms with van der Waals surface area (Å²) in [7, 11) is 0. The fourth-order valence-electron chi connectivity index (χ4n) is 3.06. The van der Waals surface area contributed by atoms with Crippen molar-refractivity contribution in [1.82, 2.24) is 5.32 Å². The summed E-state index contributed by atoms with van der Waals surface area (Å²) in [5, 5.41) is 9.12. The van der Waals surface area contributed by atoms with Crippen molar-refractivity contribution in [3.63, 3.8) is 0 Å². The Morgan fingerprint density at radius 1 is 1.33 bits per heavy atom. The maximum absolute atomic E-state index is 12.3. The van der Waals surface area contributed by atoms with E-state index in [1.165, 1.54) is 19.8 Å². The standard InChI is InChI=1S/C18H27N3O2.ClH/c1-12-6-7-16(20-14(3)22)10-17(12)21-18(23)9-13(2)15-5-4-8-19-11-15;/h6-7,10,13,15,19H,4-5,8-9,11H2,1-3H3,(H,20,22)(H,21,23);1H. The predicted molar refractivity (Wildman–Crippen MR) is 101 cm³/mol. The van der Waals surface area contributed by atoms with Crippen LogP contribution in [0.5, 0.6) is 0 Å². The molecular formula is C18H28ClN3O2. The minimum atomic E-state index is -0.121. The highest BCUT2D eigenvalue weighted by Crippen LogP contribution is 2.24. The monoisotopic (exact) mass is 353 g/mol. The van der Waals surface area contributed by atoms with Crippen molar-refractivity contribution >= 4 is 35.6 Å². The summed E-state index contributed by atoms with van der Waals surface area (Å²) in [5.41, 5.74) is 2.44. The Morgan fingerprint density at radius 3 is 2.71 bits per heavy atom. The molecule has 24 heavy (non-hydrogen) atoms. The molecule has 1 saturated heterocycles. The van der Waals surface area contributed by atoms with Gasteiger partial charge in [0.05, 0.1) is 0 Å². The van der Waals surface area contributed by atoms with Crippen molar-refractivity contribution < 1.29 is 9.59 Å². The summed E-state index contributed by atoms with van der Waals surface area (Å²) in [4.78, 5) is 23.5. The third kappa shape index (κ3) is 6.13. The van der Waals surface area contributed by atoms with Crippen LogP contribution >= 0.6 is 12.4 Å². The molecule has 3 N–H and O–H groups in total. The summed E-state index contributed by atoms with van der Waals surface area (Å²) in [6.45, 7) is 7.66. The highest BCUT2D eigenvalue weighted by atomic mass is 35.5. The number of carbonyl (C=O) groups is 2. The lowest BCUT2D eigenvalue weighted by molar-refractivity contribution is -0.117. The van der Waals surface area contributed by atoms with E-state index in [1.54, 1.807) is 0 Å². The first-order chi connectivity index (χ1) is 11.0. The third-order valence-electron chi connectivity index (χ3n) is 4.48. The molecule has 0 bridgehead atoms. The van der Waals surface area contributed by atoms with Gasteiger partial charge in [-0.1, -0.05) is 13.0 Å². The van der Waals surface area contributed by atoms with Gasteiger partial charge in [0.15, 0.2) is 0 Å². The van der Waals surface area contributed by atoms with Crippen LogP contribution in [0.4, 0.5) is 11.4 Å². The van der Waals surface area contributed by atoms with Crippen LogP contribution in [0.3, 0.4) is 0 Å². The number of rotatable bonds is 5. The molecule has 2 rings (SSSR count). The molecule has 1 aromatic carbocycles. The summed E-state index contributed by atoms with van der Waals surface area (Å²) in [6, 6.07) is 5.54. The van der Waals surface area contributed by atoms with Crippen molar-refractivity contribution in [2.75, 3.05) is 23.7 Å². The van der Waals surface area contributed by atoms with E-state index < -0.39 is 0 Å². The van der Waals surface area contributed by atoms with E-state index in [-0.39, 0.29) is 24.2 Å². The molecule has 1 aliphatic heterocycles. The Kier molecular flexibility index (Phi) is 8.22. The molecule has 2 atom stereocenters. The zero-order valence-electron chi connectivity index (χ0n) is 14.6. The Morgan fingerprint density at radius 2 is 2.08 bits per heavy atom. The van der Waals surface area contributed by atoms with E-state index >= 15 is 0 Å². The van der Waals surface area contributed by atoms with Gasteiger partial charge in [0.2, 0.25) is 11.8 Å². The van der Waals surface area contributed by atoms with Crippen LogP contribution < -0.4 is 16.0 Å². The van der Waals surface area contributed by atoms with Gasteiger partial charge in [-0.25, -0.2) is 0 Å². The van der Waals surface area contributed by atoms with Crippen molar-refractivity contribution in [2.24, 2.45) is 11.8 Å². The number of anilines is 2. The number of halogens is 1. The van der Waals surface area contributed by atoms with E-state index in [2.05, 4.69) is 22.9 Å². The molecule has 1 heterocycles. The number of piperidine rings is 1. The molecule has 0 radical (unpaired) electrons. The Balaban J connectivity index is 0.00000288. The van der Waals surface area contributed by atoms with Gasteiger partial charge in [-0.3, -0.25) is 9.59 Å². The molecule has 1 aromatic rings. The van der Waals surface area contributed by atoms with Gasteiger partial charge in [0.25, 0.3) is 0 Å².